The van der Waals surface area contributed by atoms with Gasteiger partial charge >= 0.3 is 12.4 Å². The number of carbonyl (C=O) groups is 1. The third-order valence-corrected chi connectivity index (χ3v) is 4.66. The van der Waals surface area contributed by atoms with Gasteiger partial charge in [-0.05, 0) is 42.8 Å². The minimum atomic E-state index is -4.80. The van der Waals surface area contributed by atoms with Gasteiger partial charge in [-0.1, -0.05) is 12.1 Å². The van der Waals surface area contributed by atoms with Crippen molar-refractivity contribution in [2.24, 2.45) is 0 Å². The lowest BCUT2D eigenvalue weighted by Crippen LogP contribution is -2.44. The monoisotopic (exact) mass is 443 g/mol. The van der Waals surface area contributed by atoms with Crippen LogP contribution in [0, 0.1) is 11.3 Å². The summed E-state index contributed by atoms with van der Waals surface area (Å²) >= 11 is 0. The van der Waals surface area contributed by atoms with Gasteiger partial charge in [0.05, 0.1) is 22.8 Å². The second-order valence-corrected chi connectivity index (χ2v) is 7.07. The molecule has 0 aromatic heterocycles. The minimum Gasteiger partial charge on any atom is -0.355 e. The summed E-state index contributed by atoms with van der Waals surface area (Å²) in [5.41, 5.74) is -2.22. The number of alkyl halides is 6. The Balaban J connectivity index is 2.52. The summed E-state index contributed by atoms with van der Waals surface area (Å²) in [6.07, 6.45) is -9.32. The number of hydrogen-bond acceptors (Lipinski definition) is 3. The van der Waals surface area contributed by atoms with E-state index in [2.05, 4.69) is 0 Å². The molecule has 0 N–H and O–H groups in total. The molecular formula is C21H19F6N3O. The largest absolute Gasteiger partial charge is 0.417 e. The van der Waals surface area contributed by atoms with Crippen molar-refractivity contribution in [3.63, 3.8) is 0 Å². The van der Waals surface area contributed by atoms with E-state index in [1.807, 2.05) is 0 Å². The smallest absolute Gasteiger partial charge is 0.355 e. The lowest BCUT2D eigenvalue weighted by atomic mass is 10.0. The lowest BCUT2D eigenvalue weighted by molar-refractivity contribution is -0.138. The summed E-state index contributed by atoms with van der Waals surface area (Å²) in [7, 11) is 2.96. The molecule has 0 radical (unpaired) electrons. The Morgan fingerprint density at radius 1 is 1.00 bits per heavy atom. The van der Waals surface area contributed by atoms with Gasteiger partial charge in [-0.2, -0.15) is 31.6 Å². The van der Waals surface area contributed by atoms with Gasteiger partial charge in [0.1, 0.15) is 6.04 Å². The van der Waals surface area contributed by atoms with E-state index in [4.69, 9.17) is 5.26 Å². The SMILES string of the molecule is CC(C(=O)N(C)C)N(Cc1ccc(C(F)(F)F)cc1)c1ccc(C#N)c(C(F)(F)F)c1. The summed E-state index contributed by atoms with van der Waals surface area (Å²) < 4.78 is 78.6. The van der Waals surface area contributed by atoms with Gasteiger partial charge in [-0.3, -0.25) is 4.79 Å². The molecule has 2 aromatic rings. The van der Waals surface area contributed by atoms with Gasteiger partial charge in [0.15, 0.2) is 0 Å². The molecule has 1 amide bonds. The van der Waals surface area contributed by atoms with E-state index in [1.54, 1.807) is 0 Å². The van der Waals surface area contributed by atoms with Crippen LogP contribution in [-0.4, -0.2) is 30.9 Å². The third-order valence-electron chi connectivity index (χ3n) is 4.66. The summed E-state index contributed by atoms with van der Waals surface area (Å²) in [4.78, 5) is 15.1. The molecule has 0 aliphatic heterocycles. The van der Waals surface area contributed by atoms with Gasteiger partial charge in [-0.15, -0.1) is 0 Å². The molecule has 0 saturated heterocycles. The Kier molecular flexibility index (Phi) is 6.89. The van der Waals surface area contributed by atoms with Crippen molar-refractivity contribution in [1.82, 2.24) is 4.90 Å². The normalized spacial score (nSPS) is 12.8. The molecule has 0 fully saturated rings. The summed E-state index contributed by atoms with van der Waals surface area (Å²) in [5.74, 6) is -0.412. The van der Waals surface area contributed by atoms with Crippen molar-refractivity contribution >= 4 is 11.6 Å². The first kappa shape index (κ1) is 24.1. The van der Waals surface area contributed by atoms with Crippen LogP contribution >= 0.6 is 0 Å². The fraction of sp³-hybridized carbons (Fsp3) is 0.333. The second-order valence-electron chi connectivity index (χ2n) is 7.07. The fourth-order valence-electron chi connectivity index (χ4n) is 3.00. The highest BCUT2D eigenvalue weighted by Crippen LogP contribution is 2.35. The van der Waals surface area contributed by atoms with Crippen molar-refractivity contribution in [3.05, 3.63) is 64.7 Å². The number of carbonyl (C=O) groups excluding carboxylic acids is 1. The standard InChI is InChI=1S/C21H19F6N3O/c1-13(19(31)29(2)3)30(12-14-4-7-16(8-5-14)20(22,23)24)17-9-6-15(11-28)18(10-17)21(25,26)27/h4-10,13H,12H2,1-3H3. The Labute approximate surface area is 175 Å². The maximum absolute atomic E-state index is 13.4. The Morgan fingerprint density at radius 2 is 1.58 bits per heavy atom. The van der Waals surface area contributed by atoms with Crippen LogP contribution in [0.25, 0.3) is 0 Å². The molecule has 1 unspecified atom stereocenters. The predicted octanol–water partition coefficient (Wildman–Crippen LogP) is 5.08. The summed E-state index contributed by atoms with van der Waals surface area (Å²) in [6, 6.07) is 7.75. The maximum Gasteiger partial charge on any atom is 0.417 e. The Hall–Kier alpha value is -3.22. The van der Waals surface area contributed by atoms with Crippen LogP contribution in [0.5, 0.6) is 0 Å². The zero-order valence-electron chi connectivity index (χ0n) is 16.8. The number of likely N-dealkylation sites (N-methyl/N-ethyl adjacent to an activating group) is 1. The van der Waals surface area contributed by atoms with E-state index < -0.39 is 41.0 Å². The first-order valence-electron chi connectivity index (χ1n) is 9.01. The van der Waals surface area contributed by atoms with Crippen molar-refractivity contribution in [2.75, 3.05) is 19.0 Å². The highest BCUT2D eigenvalue weighted by atomic mass is 19.4. The van der Waals surface area contributed by atoms with E-state index in [0.717, 1.165) is 24.3 Å². The van der Waals surface area contributed by atoms with E-state index in [0.29, 0.717) is 5.56 Å². The zero-order valence-corrected chi connectivity index (χ0v) is 16.8. The average molecular weight is 443 g/mol. The Bertz CT molecular complexity index is 975. The first-order chi connectivity index (χ1) is 14.3. The van der Waals surface area contributed by atoms with Gasteiger partial charge in [-0.25, -0.2) is 0 Å². The van der Waals surface area contributed by atoms with E-state index >= 15 is 0 Å². The van der Waals surface area contributed by atoms with Gasteiger partial charge < -0.3 is 9.80 Å². The molecule has 4 nitrogen and oxygen atoms in total. The molecule has 2 aromatic carbocycles. The molecule has 0 bridgehead atoms. The van der Waals surface area contributed by atoms with E-state index in [-0.39, 0.29) is 12.2 Å². The van der Waals surface area contributed by atoms with Gasteiger partial charge in [0, 0.05) is 26.3 Å². The molecule has 2 rings (SSSR count). The molecule has 0 aliphatic carbocycles. The van der Waals surface area contributed by atoms with Crippen molar-refractivity contribution in [2.45, 2.75) is 31.9 Å². The number of nitrogens with zero attached hydrogens (tertiary/aromatic N) is 3. The number of hydrogen-bond donors (Lipinski definition) is 0. The fourth-order valence-corrected chi connectivity index (χ4v) is 3.00. The number of nitriles is 1. The topological polar surface area (TPSA) is 47.3 Å². The number of halogens is 6. The summed E-state index contributed by atoms with van der Waals surface area (Å²) in [6.45, 7) is 1.36. The molecule has 0 heterocycles. The number of benzene rings is 2. The van der Waals surface area contributed by atoms with Crippen LogP contribution in [-0.2, 0) is 23.7 Å². The highest BCUT2D eigenvalue weighted by molar-refractivity contribution is 5.84. The molecule has 0 saturated carbocycles. The molecular weight excluding hydrogens is 424 g/mol. The second kappa shape index (κ2) is 8.88. The summed E-state index contributed by atoms with van der Waals surface area (Å²) in [5, 5.41) is 8.99. The molecule has 0 spiro atoms. The van der Waals surface area contributed by atoms with Crippen LogP contribution in [0.3, 0.4) is 0 Å². The van der Waals surface area contributed by atoms with Crippen LogP contribution < -0.4 is 4.90 Å². The maximum atomic E-state index is 13.4. The van der Waals surface area contributed by atoms with Gasteiger partial charge in [0.2, 0.25) is 5.91 Å². The number of rotatable bonds is 5. The van der Waals surface area contributed by atoms with E-state index in [1.165, 1.54) is 55.1 Å². The minimum absolute atomic E-state index is 0.00826. The van der Waals surface area contributed by atoms with E-state index in [9.17, 15) is 31.1 Å². The van der Waals surface area contributed by atoms with Crippen molar-refractivity contribution in [3.8, 4) is 6.07 Å². The Morgan fingerprint density at radius 3 is 2.03 bits per heavy atom. The van der Waals surface area contributed by atoms with Crippen LogP contribution in [0.4, 0.5) is 32.0 Å². The number of anilines is 1. The molecule has 0 aliphatic rings. The zero-order chi connectivity index (χ0) is 23.6. The van der Waals surface area contributed by atoms with Crippen molar-refractivity contribution in [1.29, 1.82) is 5.26 Å². The lowest BCUT2D eigenvalue weighted by Gasteiger charge is -2.32. The number of amides is 1. The molecule has 31 heavy (non-hydrogen) atoms. The van der Waals surface area contributed by atoms with Crippen LogP contribution in [0.2, 0.25) is 0 Å². The predicted molar refractivity (Wildman–Crippen MR) is 102 cm³/mol. The molecule has 1 atom stereocenters. The quantitative estimate of drug-likeness (QED) is 0.606. The third kappa shape index (κ3) is 5.69. The first-order valence-corrected chi connectivity index (χ1v) is 9.01. The van der Waals surface area contributed by atoms with Gasteiger partial charge in [0.25, 0.3) is 0 Å². The van der Waals surface area contributed by atoms with Crippen LogP contribution in [0.1, 0.15) is 29.2 Å². The highest BCUT2D eigenvalue weighted by Gasteiger charge is 2.35. The van der Waals surface area contributed by atoms with Crippen LogP contribution in [0.15, 0.2) is 42.5 Å². The average Bonchev–Trinajstić information content (AvgIpc) is 2.69. The van der Waals surface area contributed by atoms with Crippen molar-refractivity contribution < 1.29 is 31.1 Å². The molecule has 10 heteroatoms. The molecule has 166 valence electrons.